The van der Waals surface area contributed by atoms with Crippen molar-refractivity contribution in [3.05, 3.63) is 172 Å². The normalized spacial score (nSPS) is 19.8. The Morgan fingerprint density at radius 2 is 0.863 bits per heavy atom. The maximum atomic E-state index is 2.76. The Bertz CT molecular complexity index is 3550. The lowest BCUT2D eigenvalue weighted by molar-refractivity contribution is 0.332. The lowest BCUT2D eigenvalue weighted by Crippen LogP contribution is -2.61. The van der Waals surface area contributed by atoms with Gasteiger partial charge >= 0.3 is 0 Å². The molecule has 368 valence electrons. The molecular formula is C69H73BN2S. The zero-order valence-electron chi connectivity index (χ0n) is 45.8. The number of nitrogens with zero attached hydrogens (tertiary/aromatic N) is 2. The molecule has 0 saturated carbocycles. The van der Waals surface area contributed by atoms with Crippen LogP contribution in [0, 0.1) is 6.92 Å². The fraction of sp³-hybridized carbons (Fsp3) is 0.362. The van der Waals surface area contributed by atoms with Gasteiger partial charge in [-0.1, -0.05) is 156 Å². The summed E-state index contributed by atoms with van der Waals surface area (Å²) in [5.74, 6) is 0. The maximum absolute atomic E-state index is 2.76. The van der Waals surface area contributed by atoms with E-state index in [0.717, 1.165) is 6.42 Å². The summed E-state index contributed by atoms with van der Waals surface area (Å²) in [4.78, 5) is 5.46. The number of aryl methyl sites for hydroxylation is 1. The number of benzene rings is 7. The molecule has 3 aliphatic carbocycles. The standard InChI is InChI=1S/C69H73BN2S/c1-42-32-58-61-59(33-42)72(47-24-25-50-51(37-47)65(4,5)27-26-64(50,2)3)62-49-38-52-55(69(12,13)31-28-66(52,6)7)41-60(49)73-63(62)70(61)56-39-53-54(68(10,11)30-29-67(53,8)9)40-57(56)71(58)48-35-45(43-20-16-14-17-21-43)34-46(36-48)44-22-18-15-19-23-44/h14-25,32-41H,26-31H2,1-13H3. The second kappa shape index (κ2) is 15.6. The first-order chi connectivity index (χ1) is 34.5. The molecular weight excluding hydrogens is 900 g/mol. The van der Waals surface area contributed by atoms with Gasteiger partial charge in [0.15, 0.2) is 0 Å². The summed E-state index contributed by atoms with van der Waals surface area (Å²) >= 11 is 2.08. The predicted octanol–water partition coefficient (Wildman–Crippen LogP) is 17.7. The van der Waals surface area contributed by atoms with Crippen molar-refractivity contribution < 1.29 is 0 Å². The predicted molar refractivity (Wildman–Crippen MR) is 317 cm³/mol. The van der Waals surface area contributed by atoms with Crippen LogP contribution in [-0.4, -0.2) is 6.71 Å². The molecule has 0 N–H and O–H groups in total. The molecule has 0 saturated heterocycles. The average molecular weight is 973 g/mol. The summed E-state index contributed by atoms with van der Waals surface area (Å²) in [5, 5.41) is 1.40. The molecule has 0 unspecified atom stereocenters. The number of hydrogen-bond acceptors (Lipinski definition) is 3. The zero-order valence-corrected chi connectivity index (χ0v) is 46.6. The van der Waals surface area contributed by atoms with Crippen LogP contribution < -0.4 is 25.5 Å². The van der Waals surface area contributed by atoms with Crippen LogP contribution in [0.1, 0.15) is 161 Å². The topological polar surface area (TPSA) is 6.48 Å². The highest BCUT2D eigenvalue weighted by Gasteiger charge is 2.49. The molecule has 0 spiro atoms. The van der Waals surface area contributed by atoms with Crippen molar-refractivity contribution >= 4 is 78.0 Å². The second-order valence-corrected chi connectivity index (χ2v) is 28.1. The molecule has 4 heteroatoms. The van der Waals surface area contributed by atoms with Crippen molar-refractivity contribution in [2.24, 2.45) is 0 Å². The first-order valence-electron chi connectivity index (χ1n) is 27.5. The van der Waals surface area contributed by atoms with Crippen molar-refractivity contribution in [2.45, 2.75) is 161 Å². The summed E-state index contributed by atoms with van der Waals surface area (Å²) < 4.78 is 2.89. The van der Waals surface area contributed by atoms with E-state index in [1.165, 1.54) is 153 Å². The van der Waals surface area contributed by atoms with Gasteiger partial charge in [-0.05, 0) is 211 Å². The highest BCUT2D eigenvalue weighted by molar-refractivity contribution is 7.33. The van der Waals surface area contributed by atoms with E-state index in [4.69, 9.17) is 0 Å². The zero-order chi connectivity index (χ0) is 50.9. The van der Waals surface area contributed by atoms with E-state index in [9.17, 15) is 0 Å². The number of hydrogen-bond donors (Lipinski definition) is 0. The summed E-state index contributed by atoms with van der Waals surface area (Å²) in [6.45, 7) is 32.2. The van der Waals surface area contributed by atoms with Gasteiger partial charge in [0.2, 0.25) is 0 Å². The van der Waals surface area contributed by atoms with Crippen molar-refractivity contribution in [1.82, 2.24) is 0 Å². The van der Waals surface area contributed by atoms with E-state index in [0.29, 0.717) is 0 Å². The summed E-state index contributed by atoms with van der Waals surface area (Å²) in [6, 6.07) is 52.8. The van der Waals surface area contributed by atoms with Crippen molar-refractivity contribution in [1.29, 1.82) is 0 Å². The lowest BCUT2D eigenvalue weighted by atomic mass is 9.35. The van der Waals surface area contributed by atoms with E-state index in [1.807, 2.05) is 0 Å². The quantitative estimate of drug-likeness (QED) is 0.162. The van der Waals surface area contributed by atoms with Gasteiger partial charge in [-0.15, -0.1) is 11.3 Å². The van der Waals surface area contributed by atoms with Crippen LogP contribution in [0.25, 0.3) is 32.3 Å². The number of thiophene rings is 1. The highest BCUT2D eigenvalue weighted by Crippen LogP contribution is 2.56. The molecule has 0 bridgehead atoms. The van der Waals surface area contributed by atoms with Gasteiger partial charge in [0.1, 0.15) is 0 Å². The Balaban J connectivity index is 1.17. The molecule has 0 amide bonds. The van der Waals surface area contributed by atoms with Gasteiger partial charge in [-0.25, -0.2) is 0 Å². The van der Waals surface area contributed by atoms with Gasteiger partial charge < -0.3 is 9.80 Å². The smallest absolute Gasteiger partial charge is 0.264 e. The van der Waals surface area contributed by atoms with Crippen LogP contribution in [0.5, 0.6) is 0 Å². The molecule has 2 nitrogen and oxygen atoms in total. The molecule has 0 atom stereocenters. The van der Waals surface area contributed by atoms with Gasteiger partial charge in [0.25, 0.3) is 6.71 Å². The number of anilines is 6. The molecule has 0 fully saturated rings. The van der Waals surface area contributed by atoms with E-state index >= 15 is 0 Å². The van der Waals surface area contributed by atoms with Crippen molar-refractivity contribution in [3.63, 3.8) is 0 Å². The largest absolute Gasteiger partial charge is 0.311 e. The molecule has 3 heterocycles. The van der Waals surface area contributed by atoms with Crippen molar-refractivity contribution in [3.8, 4) is 22.3 Å². The number of fused-ring (bicyclic) bond motifs is 9. The lowest BCUT2D eigenvalue weighted by Gasteiger charge is -2.47. The van der Waals surface area contributed by atoms with E-state index in [-0.39, 0.29) is 39.2 Å². The second-order valence-electron chi connectivity index (χ2n) is 27.0. The van der Waals surface area contributed by atoms with Crippen molar-refractivity contribution in [2.75, 3.05) is 9.80 Å². The molecule has 1 aromatic heterocycles. The summed E-state index contributed by atoms with van der Waals surface area (Å²) in [7, 11) is 0. The van der Waals surface area contributed by atoms with Crippen LogP contribution in [0.15, 0.2) is 133 Å². The molecule has 8 aromatic rings. The summed E-state index contributed by atoms with van der Waals surface area (Å²) in [5.41, 5.74) is 26.3. The van der Waals surface area contributed by atoms with Crippen LogP contribution in [-0.2, 0) is 32.5 Å². The minimum Gasteiger partial charge on any atom is -0.311 e. The SMILES string of the molecule is Cc1cc2c3c(c1)N(c1ccc4c(c1)C(C)(C)CCC4(C)C)c1c(sc4cc5c(cc14)C(C)(C)CCC5(C)C)B3c1cc3c(cc1N2c1cc(-c2ccccc2)cc(-c2ccccc2)c1)C(C)(C)CCC3(C)C. The third kappa shape index (κ3) is 7.08. The first kappa shape index (κ1) is 46.9. The molecule has 5 aliphatic rings. The van der Waals surface area contributed by atoms with Gasteiger partial charge in [-0.2, -0.15) is 0 Å². The average Bonchev–Trinajstić information content (AvgIpc) is 3.75. The van der Waals surface area contributed by atoms with E-state index < -0.39 is 0 Å². The Morgan fingerprint density at radius 3 is 1.41 bits per heavy atom. The van der Waals surface area contributed by atoms with E-state index in [1.54, 1.807) is 0 Å². The highest BCUT2D eigenvalue weighted by atomic mass is 32.1. The molecule has 0 radical (unpaired) electrons. The van der Waals surface area contributed by atoms with Crippen LogP contribution in [0.3, 0.4) is 0 Å². The molecule has 73 heavy (non-hydrogen) atoms. The van der Waals surface area contributed by atoms with Crippen LogP contribution >= 0.6 is 11.3 Å². The Morgan fingerprint density at radius 1 is 0.397 bits per heavy atom. The monoisotopic (exact) mass is 973 g/mol. The van der Waals surface area contributed by atoms with Gasteiger partial charge in [0, 0.05) is 43.3 Å². The molecule has 13 rings (SSSR count). The molecule has 7 aromatic carbocycles. The van der Waals surface area contributed by atoms with Gasteiger partial charge in [0.05, 0.1) is 5.69 Å². The fourth-order valence-electron chi connectivity index (χ4n) is 14.3. The Labute approximate surface area is 441 Å². The van der Waals surface area contributed by atoms with Crippen LogP contribution in [0.4, 0.5) is 34.1 Å². The minimum atomic E-state index is 0.0320. The van der Waals surface area contributed by atoms with E-state index in [2.05, 4.69) is 245 Å². The maximum Gasteiger partial charge on any atom is 0.264 e. The Kier molecular flexibility index (Phi) is 10.0. The third-order valence-corrected chi connectivity index (χ3v) is 20.4. The first-order valence-corrected chi connectivity index (χ1v) is 28.3. The Hall–Kier alpha value is -5.84. The van der Waals surface area contributed by atoms with Gasteiger partial charge in [-0.3, -0.25) is 0 Å². The van der Waals surface area contributed by atoms with Crippen LogP contribution in [0.2, 0.25) is 0 Å². The summed E-state index contributed by atoms with van der Waals surface area (Å²) in [6.07, 6.45) is 7.10. The third-order valence-electron chi connectivity index (χ3n) is 19.2. The minimum absolute atomic E-state index is 0.0320. The fourth-order valence-corrected chi connectivity index (χ4v) is 15.7. The molecule has 2 aliphatic heterocycles. The number of rotatable bonds is 4.